The van der Waals surface area contributed by atoms with Crippen molar-refractivity contribution in [2.24, 2.45) is 0 Å². The Morgan fingerprint density at radius 2 is 1.94 bits per heavy atom. The van der Waals surface area contributed by atoms with Crippen molar-refractivity contribution in [1.82, 2.24) is 5.32 Å². The van der Waals surface area contributed by atoms with Gasteiger partial charge in [-0.1, -0.05) is 11.6 Å². The van der Waals surface area contributed by atoms with E-state index in [2.05, 4.69) is 5.32 Å². The summed E-state index contributed by atoms with van der Waals surface area (Å²) in [7, 11) is 0. The van der Waals surface area contributed by atoms with Crippen LogP contribution in [-0.2, 0) is 9.53 Å². The normalized spacial score (nSPS) is 11.7. The fourth-order valence-electron chi connectivity index (χ4n) is 1.19. The summed E-state index contributed by atoms with van der Waals surface area (Å²) in [4.78, 5) is 23.0. The Kier molecular flexibility index (Phi) is 4.97. The SMILES string of the molecule is CCNC(=O)[C@@H](C)OC(=O)c1ccc(Cl)cc1. The number of benzene rings is 1. The minimum atomic E-state index is -0.807. The van der Waals surface area contributed by atoms with E-state index in [0.29, 0.717) is 17.1 Å². The van der Waals surface area contributed by atoms with Crippen LogP contribution in [0.3, 0.4) is 0 Å². The summed E-state index contributed by atoms with van der Waals surface area (Å²) in [6, 6.07) is 6.29. The molecule has 1 aromatic rings. The number of ether oxygens (including phenoxy) is 1. The van der Waals surface area contributed by atoms with E-state index in [9.17, 15) is 9.59 Å². The van der Waals surface area contributed by atoms with Gasteiger partial charge in [-0.05, 0) is 38.1 Å². The molecule has 17 heavy (non-hydrogen) atoms. The summed E-state index contributed by atoms with van der Waals surface area (Å²) in [5.74, 6) is -0.852. The van der Waals surface area contributed by atoms with Crippen LogP contribution in [0.15, 0.2) is 24.3 Å². The van der Waals surface area contributed by atoms with Crippen LogP contribution >= 0.6 is 11.6 Å². The lowest BCUT2D eigenvalue weighted by Gasteiger charge is -2.12. The number of likely N-dealkylation sites (N-methyl/N-ethyl adjacent to an activating group) is 1. The first kappa shape index (κ1) is 13.5. The highest BCUT2D eigenvalue weighted by atomic mass is 35.5. The smallest absolute Gasteiger partial charge is 0.338 e. The van der Waals surface area contributed by atoms with Gasteiger partial charge in [-0.3, -0.25) is 4.79 Å². The van der Waals surface area contributed by atoms with E-state index in [1.165, 1.54) is 6.92 Å². The van der Waals surface area contributed by atoms with Crippen LogP contribution in [0, 0.1) is 0 Å². The van der Waals surface area contributed by atoms with Crippen molar-refractivity contribution in [3.8, 4) is 0 Å². The van der Waals surface area contributed by atoms with Crippen LogP contribution in [-0.4, -0.2) is 24.5 Å². The van der Waals surface area contributed by atoms with E-state index in [0.717, 1.165) is 0 Å². The van der Waals surface area contributed by atoms with E-state index in [-0.39, 0.29) is 5.91 Å². The summed E-state index contributed by atoms with van der Waals surface area (Å²) in [6.45, 7) is 3.83. The number of rotatable bonds is 4. The zero-order chi connectivity index (χ0) is 12.8. The summed E-state index contributed by atoms with van der Waals surface area (Å²) >= 11 is 5.70. The monoisotopic (exact) mass is 255 g/mol. The molecule has 0 fully saturated rings. The van der Waals surface area contributed by atoms with E-state index in [1.807, 2.05) is 0 Å². The molecule has 0 saturated heterocycles. The van der Waals surface area contributed by atoms with E-state index in [4.69, 9.17) is 16.3 Å². The first-order valence-electron chi connectivity index (χ1n) is 5.29. The number of carbonyl (C=O) groups excluding carboxylic acids is 2. The number of nitrogens with one attached hydrogen (secondary N) is 1. The molecule has 5 heteroatoms. The van der Waals surface area contributed by atoms with Gasteiger partial charge in [-0.25, -0.2) is 4.79 Å². The standard InChI is InChI=1S/C12H14ClNO3/c1-3-14-11(15)8(2)17-12(16)9-4-6-10(13)7-5-9/h4-8H,3H2,1-2H3,(H,14,15)/t8-/m1/s1. The Balaban J connectivity index is 2.60. The third kappa shape index (κ3) is 4.07. The van der Waals surface area contributed by atoms with Gasteiger partial charge in [-0.2, -0.15) is 0 Å². The Hall–Kier alpha value is -1.55. The van der Waals surface area contributed by atoms with Gasteiger partial charge in [0.2, 0.25) is 0 Å². The Bertz CT molecular complexity index is 403. The summed E-state index contributed by atoms with van der Waals surface area (Å²) in [5, 5.41) is 3.11. The number of amides is 1. The van der Waals surface area contributed by atoms with Gasteiger partial charge in [0.05, 0.1) is 5.56 Å². The predicted octanol–water partition coefficient (Wildman–Crippen LogP) is 2.02. The van der Waals surface area contributed by atoms with Gasteiger partial charge >= 0.3 is 5.97 Å². The number of halogens is 1. The zero-order valence-electron chi connectivity index (χ0n) is 9.70. The predicted molar refractivity (Wildman–Crippen MR) is 65.0 cm³/mol. The molecule has 0 radical (unpaired) electrons. The third-order valence-electron chi connectivity index (χ3n) is 2.08. The van der Waals surface area contributed by atoms with Crippen LogP contribution < -0.4 is 5.32 Å². The molecule has 0 aliphatic heterocycles. The maximum atomic E-state index is 11.6. The molecule has 1 amide bonds. The second kappa shape index (κ2) is 6.25. The lowest BCUT2D eigenvalue weighted by atomic mass is 10.2. The van der Waals surface area contributed by atoms with Crippen LogP contribution in [0.4, 0.5) is 0 Å². The van der Waals surface area contributed by atoms with Crippen LogP contribution in [0.2, 0.25) is 5.02 Å². The van der Waals surface area contributed by atoms with E-state index < -0.39 is 12.1 Å². The van der Waals surface area contributed by atoms with Crippen LogP contribution in [0.5, 0.6) is 0 Å². The van der Waals surface area contributed by atoms with Crippen molar-refractivity contribution in [3.05, 3.63) is 34.9 Å². The molecule has 0 aliphatic rings. The second-order valence-corrected chi connectivity index (χ2v) is 3.89. The van der Waals surface area contributed by atoms with E-state index >= 15 is 0 Å². The third-order valence-corrected chi connectivity index (χ3v) is 2.34. The Morgan fingerprint density at radius 1 is 1.35 bits per heavy atom. The van der Waals surface area contributed by atoms with Gasteiger partial charge in [0, 0.05) is 11.6 Å². The number of hydrogen-bond acceptors (Lipinski definition) is 3. The van der Waals surface area contributed by atoms with Crippen molar-refractivity contribution in [2.45, 2.75) is 20.0 Å². The maximum Gasteiger partial charge on any atom is 0.338 e. The van der Waals surface area contributed by atoms with Gasteiger partial charge in [0.25, 0.3) is 5.91 Å². The van der Waals surface area contributed by atoms with Gasteiger partial charge in [-0.15, -0.1) is 0 Å². The van der Waals surface area contributed by atoms with Crippen molar-refractivity contribution >= 4 is 23.5 Å². The zero-order valence-corrected chi connectivity index (χ0v) is 10.5. The molecular weight excluding hydrogens is 242 g/mol. The molecule has 1 rings (SSSR count). The molecule has 92 valence electrons. The molecular formula is C12H14ClNO3. The van der Waals surface area contributed by atoms with Gasteiger partial charge < -0.3 is 10.1 Å². The van der Waals surface area contributed by atoms with E-state index in [1.54, 1.807) is 31.2 Å². The quantitative estimate of drug-likeness (QED) is 0.838. The molecule has 4 nitrogen and oxygen atoms in total. The maximum absolute atomic E-state index is 11.6. The highest BCUT2D eigenvalue weighted by Gasteiger charge is 2.17. The van der Waals surface area contributed by atoms with Crippen LogP contribution in [0.1, 0.15) is 24.2 Å². The minimum Gasteiger partial charge on any atom is -0.449 e. The second-order valence-electron chi connectivity index (χ2n) is 3.45. The number of carbonyl (C=O) groups is 2. The Morgan fingerprint density at radius 3 is 2.47 bits per heavy atom. The Labute approximate surface area is 105 Å². The summed E-state index contributed by atoms with van der Waals surface area (Å²) in [6.07, 6.45) is -0.807. The van der Waals surface area contributed by atoms with Crippen molar-refractivity contribution in [3.63, 3.8) is 0 Å². The topological polar surface area (TPSA) is 55.4 Å². The molecule has 0 aromatic heterocycles. The van der Waals surface area contributed by atoms with Crippen LogP contribution in [0.25, 0.3) is 0 Å². The van der Waals surface area contributed by atoms with Crippen molar-refractivity contribution < 1.29 is 14.3 Å². The molecule has 0 heterocycles. The lowest BCUT2D eigenvalue weighted by Crippen LogP contribution is -2.35. The fraction of sp³-hybridized carbons (Fsp3) is 0.333. The highest BCUT2D eigenvalue weighted by molar-refractivity contribution is 6.30. The molecule has 0 bridgehead atoms. The molecule has 1 atom stereocenters. The minimum absolute atomic E-state index is 0.310. The largest absolute Gasteiger partial charge is 0.449 e. The molecule has 0 unspecified atom stereocenters. The average Bonchev–Trinajstić information content (AvgIpc) is 2.30. The lowest BCUT2D eigenvalue weighted by molar-refractivity contribution is -0.128. The average molecular weight is 256 g/mol. The first-order chi connectivity index (χ1) is 8.04. The van der Waals surface area contributed by atoms with Gasteiger partial charge in [0.15, 0.2) is 6.10 Å². The van der Waals surface area contributed by atoms with Crippen molar-refractivity contribution in [2.75, 3.05) is 6.54 Å². The molecule has 1 N–H and O–H groups in total. The first-order valence-corrected chi connectivity index (χ1v) is 5.66. The molecule has 1 aromatic carbocycles. The fourth-order valence-corrected chi connectivity index (χ4v) is 1.31. The van der Waals surface area contributed by atoms with Crippen molar-refractivity contribution in [1.29, 1.82) is 0 Å². The van der Waals surface area contributed by atoms with Gasteiger partial charge in [0.1, 0.15) is 0 Å². The summed E-state index contributed by atoms with van der Waals surface area (Å²) in [5.41, 5.74) is 0.366. The molecule has 0 saturated carbocycles. The molecule has 0 aliphatic carbocycles. The summed E-state index contributed by atoms with van der Waals surface area (Å²) < 4.78 is 5.00. The molecule has 0 spiro atoms. The number of esters is 1. The number of hydrogen-bond donors (Lipinski definition) is 1. The highest BCUT2D eigenvalue weighted by Crippen LogP contribution is 2.11.